The van der Waals surface area contributed by atoms with Crippen molar-refractivity contribution in [2.45, 2.75) is 0 Å². The molecule has 2 N–H and O–H groups in total. The first-order valence-corrected chi connectivity index (χ1v) is 2.68. The molecule has 0 rings (SSSR count). The summed E-state index contributed by atoms with van der Waals surface area (Å²) < 4.78 is 0. The van der Waals surface area contributed by atoms with Gasteiger partial charge in [-0.3, -0.25) is 0 Å². The second-order valence-corrected chi connectivity index (χ2v) is 0.894. The average molecular weight is 331 g/mol. The van der Waals surface area contributed by atoms with Crippen molar-refractivity contribution < 1.29 is 36.1 Å². The third kappa shape index (κ3) is 1610. The quantitative estimate of drug-likeness (QED) is 0.633. The van der Waals surface area contributed by atoms with Crippen LogP contribution in [-0.4, -0.2) is 52.6 Å². The first kappa shape index (κ1) is 29.8. The van der Waals surface area contributed by atoms with E-state index in [1.54, 1.807) is 28.2 Å². The van der Waals surface area contributed by atoms with E-state index in [-0.39, 0.29) is 25.8 Å². The Morgan fingerprint density at radius 1 is 0.636 bits per heavy atom. The average Bonchev–Trinajstić information content (AvgIpc) is 1.99. The van der Waals surface area contributed by atoms with Gasteiger partial charge in [-0.2, -0.15) is 28.2 Å². The maximum Gasteiger partial charge on any atom is 0.0319 e. The molecule has 0 aromatic heterocycles. The molecular weight excluding hydrogens is 311 g/mol. The smallest absolute Gasteiger partial charge is 0.0319 e. The molecule has 0 unspecified atom stereocenters. The van der Waals surface area contributed by atoms with Gasteiger partial charge in [0.05, 0.1) is 0 Å². The van der Waals surface area contributed by atoms with Crippen molar-refractivity contribution in [3.05, 3.63) is 10.6 Å². The fourth-order valence-electron chi connectivity index (χ4n) is 0. The minimum absolute atomic E-state index is 0. The molecular formula is C6H20HfN2O2-2. The van der Waals surface area contributed by atoms with E-state index < -0.39 is 0 Å². The Balaban J connectivity index is -0.0000000144. The molecule has 0 spiro atoms. The second kappa shape index (κ2) is 137. The SMILES string of the molecule is CO.CO.C[N-]C.C[N-]C.[Hf]. The second-order valence-electron chi connectivity index (χ2n) is 0.894. The summed E-state index contributed by atoms with van der Waals surface area (Å²) in [5.74, 6) is 0. The third-order valence-electron chi connectivity index (χ3n) is 0. The number of aliphatic hydroxyl groups is 2. The van der Waals surface area contributed by atoms with Crippen molar-refractivity contribution in [3.8, 4) is 0 Å². The van der Waals surface area contributed by atoms with Crippen LogP contribution in [0.1, 0.15) is 0 Å². The normalized spacial score (nSPS) is 4.36. The molecule has 0 aliphatic heterocycles. The van der Waals surface area contributed by atoms with Crippen LogP contribution in [0.2, 0.25) is 0 Å². The maximum absolute atomic E-state index is 7.00. The predicted octanol–water partition coefficient (Wildman–Crippen LogP) is 0.454. The molecule has 0 aliphatic rings. The van der Waals surface area contributed by atoms with E-state index in [0.717, 1.165) is 14.2 Å². The zero-order valence-electron chi connectivity index (χ0n) is 8.29. The van der Waals surface area contributed by atoms with Crippen molar-refractivity contribution >= 4 is 0 Å². The van der Waals surface area contributed by atoms with Gasteiger partial charge in [-0.1, -0.05) is 0 Å². The van der Waals surface area contributed by atoms with Crippen LogP contribution in [0.5, 0.6) is 0 Å². The van der Waals surface area contributed by atoms with E-state index >= 15 is 0 Å². The van der Waals surface area contributed by atoms with Gasteiger partial charge in [-0.15, -0.1) is 0 Å². The molecule has 0 fully saturated rings. The van der Waals surface area contributed by atoms with Gasteiger partial charge in [0, 0.05) is 40.1 Å². The van der Waals surface area contributed by atoms with E-state index in [1.165, 1.54) is 0 Å². The molecule has 0 bridgehead atoms. The topological polar surface area (TPSA) is 68.7 Å². The summed E-state index contributed by atoms with van der Waals surface area (Å²) in [4.78, 5) is 0. The van der Waals surface area contributed by atoms with Crippen LogP contribution in [0.4, 0.5) is 0 Å². The summed E-state index contributed by atoms with van der Waals surface area (Å²) in [6, 6.07) is 0. The Hall–Kier alpha value is 0.710. The first-order valence-electron chi connectivity index (χ1n) is 2.68. The Kier molecular flexibility index (Phi) is 373. The molecule has 0 amide bonds. The molecule has 4 nitrogen and oxygen atoms in total. The van der Waals surface area contributed by atoms with Crippen molar-refractivity contribution in [2.75, 3.05) is 42.4 Å². The minimum Gasteiger partial charge on any atom is -0.668 e. The molecule has 11 heavy (non-hydrogen) atoms. The number of hydrogen-bond acceptors (Lipinski definition) is 2. The largest absolute Gasteiger partial charge is 0.668 e. The molecule has 0 heterocycles. The van der Waals surface area contributed by atoms with Crippen molar-refractivity contribution in [3.63, 3.8) is 0 Å². The maximum atomic E-state index is 7.00. The molecule has 0 radical (unpaired) electrons. The Labute approximate surface area is 89.2 Å². The summed E-state index contributed by atoms with van der Waals surface area (Å²) in [5.41, 5.74) is 0. The van der Waals surface area contributed by atoms with E-state index in [4.69, 9.17) is 10.2 Å². The Bertz CT molecular complexity index is 20.5. The van der Waals surface area contributed by atoms with Crippen LogP contribution in [0.25, 0.3) is 10.6 Å². The van der Waals surface area contributed by atoms with Crippen LogP contribution in [0, 0.1) is 0 Å². The molecule has 0 saturated heterocycles. The molecule has 0 aromatic carbocycles. The zero-order chi connectivity index (χ0) is 9.41. The van der Waals surface area contributed by atoms with Gasteiger partial charge < -0.3 is 20.8 Å². The number of rotatable bonds is 0. The van der Waals surface area contributed by atoms with Crippen LogP contribution < -0.4 is 0 Å². The number of aliphatic hydroxyl groups excluding tert-OH is 2. The van der Waals surface area contributed by atoms with Crippen molar-refractivity contribution in [2.24, 2.45) is 0 Å². The fraction of sp³-hybridized carbons (Fsp3) is 1.00. The molecule has 0 atom stereocenters. The van der Waals surface area contributed by atoms with Gasteiger partial charge in [-0.05, 0) is 0 Å². The predicted molar refractivity (Wildman–Crippen MR) is 46.7 cm³/mol. The zero-order valence-corrected chi connectivity index (χ0v) is 11.9. The van der Waals surface area contributed by atoms with Crippen molar-refractivity contribution in [1.82, 2.24) is 0 Å². The van der Waals surface area contributed by atoms with Crippen molar-refractivity contribution in [1.29, 1.82) is 0 Å². The van der Waals surface area contributed by atoms with E-state index in [1.807, 2.05) is 0 Å². The molecule has 0 aliphatic carbocycles. The Morgan fingerprint density at radius 2 is 0.636 bits per heavy atom. The summed E-state index contributed by atoms with van der Waals surface area (Å²) in [6.07, 6.45) is 0. The van der Waals surface area contributed by atoms with Gasteiger partial charge in [-0.25, -0.2) is 0 Å². The number of nitrogens with zero attached hydrogens (tertiary/aromatic N) is 2. The molecule has 0 saturated carbocycles. The summed E-state index contributed by atoms with van der Waals surface area (Å²) in [7, 11) is 9.00. The molecule has 5 heteroatoms. The Morgan fingerprint density at radius 3 is 0.636 bits per heavy atom. The molecule has 0 aromatic rings. The van der Waals surface area contributed by atoms with Gasteiger partial charge in [0.1, 0.15) is 0 Å². The van der Waals surface area contributed by atoms with Gasteiger partial charge >= 0.3 is 0 Å². The molecule has 72 valence electrons. The monoisotopic (exact) mass is 332 g/mol. The van der Waals surface area contributed by atoms with Crippen LogP contribution >= 0.6 is 0 Å². The standard InChI is InChI=1S/2C2H6N.2CH4O.Hf/c2*1-3-2;2*1-2;/h2*1-2H3;2*2H,1H3;/q2*-1;;;. The van der Waals surface area contributed by atoms with E-state index in [2.05, 4.69) is 10.6 Å². The van der Waals surface area contributed by atoms with Gasteiger partial charge in [0.2, 0.25) is 0 Å². The van der Waals surface area contributed by atoms with Gasteiger partial charge in [0.25, 0.3) is 0 Å². The van der Waals surface area contributed by atoms with E-state index in [0.29, 0.717) is 0 Å². The summed E-state index contributed by atoms with van der Waals surface area (Å²) in [6.45, 7) is 0. The summed E-state index contributed by atoms with van der Waals surface area (Å²) >= 11 is 0. The van der Waals surface area contributed by atoms with Crippen LogP contribution in [-0.2, 0) is 25.8 Å². The van der Waals surface area contributed by atoms with Crippen LogP contribution in [0.3, 0.4) is 0 Å². The van der Waals surface area contributed by atoms with Crippen LogP contribution in [0.15, 0.2) is 0 Å². The van der Waals surface area contributed by atoms with E-state index in [9.17, 15) is 0 Å². The fourth-order valence-corrected chi connectivity index (χ4v) is 0. The van der Waals surface area contributed by atoms with Gasteiger partial charge in [0.15, 0.2) is 0 Å². The number of hydrogen-bond donors (Lipinski definition) is 2. The minimum atomic E-state index is 0. The first-order chi connectivity index (χ1) is 4.83. The summed E-state index contributed by atoms with van der Waals surface area (Å²) in [5, 5.41) is 21.0. The third-order valence-corrected chi connectivity index (χ3v) is 0.